The molecule has 0 aromatic rings. The van der Waals surface area contributed by atoms with Crippen LogP contribution < -0.4 is 0 Å². The fraction of sp³-hybridized carbons (Fsp3) is 0.375. The summed E-state index contributed by atoms with van der Waals surface area (Å²) in [4.78, 5) is 9.33. The van der Waals surface area contributed by atoms with Gasteiger partial charge in [0, 0.05) is 0 Å². The molecule has 10 heavy (non-hydrogen) atoms. The molecule has 0 bridgehead atoms. The van der Waals surface area contributed by atoms with Crippen molar-refractivity contribution < 1.29 is 25.9 Å². The summed E-state index contributed by atoms with van der Waals surface area (Å²) < 4.78 is 0. The van der Waals surface area contributed by atoms with E-state index in [2.05, 4.69) is 20.8 Å². The maximum Gasteiger partial charge on any atom is 2.00 e. The summed E-state index contributed by atoms with van der Waals surface area (Å²) in [5.74, 6) is -0.0833. The van der Waals surface area contributed by atoms with Crippen LogP contribution in [0.5, 0.6) is 0 Å². The van der Waals surface area contributed by atoms with Gasteiger partial charge in [-0.15, -0.1) is 6.42 Å². The maximum atomic E-state index is 9.33. The second-order valence-corrected chi connectivity index (χ2v) is 1.58. The van der Waals surface area contributed by atoms with Gasteiger partial charge in [0.2, 0.25) is 0 Å². The Morgan fingerprint density at radius 3 is 1.90 bits per heavy atom. The Hall–Kier alpha value is -0.162. The Labute approximate surface area is 78.2 Å². The molecule has 2 heteroatoms. The van der Waals surface area contributed by atoms with Crippen LogP contribution in [-0.2, 0) is 25.9 Å². The molecule has 0 fully saturated rings. The zero-order valence-corrected chi connectivity index (χ0v) is 9.53. The van der Waals surface area contributed by atoms with Gasteiger partial charge in [-0.2, -0.15) is 0 Å². The van der Waals surface area contributed by atoms with Crippen LogP contribution in [0.3, 0.4) is 0 Å². The van der Waals surface area contributed by atoms with Crippen LogP contribution in [0, 0.1) is 13.8 Å². The first-order chi connectivity index (χ1) is 4.15. The zero-order valence-electron chi connectivity index (χ0n) is 6.59. The molecule has 0 rings (SSSR count). The minimum atomic E-state index is -0.0833. The Bertz CT molecular complexity index is 83.3. The molecule has 0 N–H and O–H groups in total. The van der Waals surface area contributed by atoms with Gasteiger partial charge in [0.25, 0.3) is 0 Å². The number of rotatable bonds is 1. The van der Waals surface area contributed by atoms with Crippen molar-refractivity contribution in [2.24, 2.45) is 0 Å². The molecule has 0 aliphatic rings. The van der Waals surface area contributed by atoms with Crippen LogP contribution in [-0.4, -0.2) is 5.78 Å². The maximum absolute atomic E-state index is 9.33. The Balaban J connectivity index is -0.0000000910. The molecule has 0 heterocycles. The van der Waals surface area contributed by atoms with E-state index in [9.17, 15) is 4.79 Å². The van der Waals surface area contributed by atoms with Gasteiger partial charge in [-0.25, -0.2) is 19.1 Å². The van der Waals surface area contributed by atoms with E-state index in [0.29, 0.717) is 0 Å². The van der Waals surface area contributed by atoms with Gasteiger partial charge < -0.3 is 11.7 Å². The number of hydrogen-bond donors (Lipinski definition) is 0. The van der Waals surface area contributed by atoms with E-state index in [0.717, 1.165) is 6.42 Å². The van der Waals surface area contributed by atoms with Crippen LogP contribution in [0.4, 0.5) is 0 Å². The van der Waals surface area contributed by atoms with E-state index in [4.69, 9.17) is 0 Å². The quantitative estimate of drug-likeness (QED) is 0.679. The van der Waals surface area contributed by atoms with Crippen molar-refractivity contribution in [3.63, 3.8) is 0 Å². The minimum absolute atomic E-state index is 0. The third kappa shape index (κ3) is 108. The molecule has 0 radical (unpaired) electrons. The summed E-state index contributed by atoms with van der Waals surface area (Å²) in [6, 6.07) is 0. The van der Waals surface area contributed by atoms with E-state index in [1.165, 1.54) is 6.92 Å². The smallest absolute Gasteiger partial charge is 0.340 e. The number of carbonyl (C=O) groups is 1. The fourth-order valence-corrected chi connectivity index (χ4v) is 0.167. The Kier molecular flexibility index (Phi) is 26.2. The predicted octanol–water partition coefficient (Wildman–Crippen LogP) is 2.19. The van der Waals surface area contributed by atoms with Gasteiger partial charge in [0.1, 0.15) is 0 Å². The topological polar surface area (TPSA) is 17.1 Å². The van der Waals surface area contributed by atoms with Crippen LogP contribution in [0.15, 0.2) is 12.2 Å². The molecule has 0 unspecified atom stereocenters. The van der Waals surface area contributed by atoms with Crippen molar-refractivity contribution in [3.05, 3.63) is 26.0 Å². The van der Waals surface area contributed by atoms with Crippen molar-refractivity contribution in [1.82, 2.24) is 0 Å². The molecule has 0 aliphatic heterocycles. The summed E-state index contributed by atoms with van der Waals surface area (Å²) in [6.45, 7) is 10.00. The second kappa shape index (κ2) is 15.9. The van der Waals surface area contributed by atoms with Gasteiger partial charge in [-0.05, 0) is 12.7 Å². The van der Waals surface area contributed by atoms with Gasteiger partial charge in [0.15, 0.2) is 0 Å². The first-order valence-electron chi connectivity index (χ1n) is 2.91. The number of Topliss-reactive ketones (excluding diaryl/α,β-unsaturated/α-hetero) is 1. The first-order valence-corrected chi connectivity index (χ1v) is 2.91. The molecule has 0 amide bonds. The van der Waals surface area contributed by atoms with Crippen molar-refractivity contribution in [2.75, 3.05) is 0 Å². The Morgan fingerprint density at radius 1 is 1.60 bits per heavy atom. The predicted molar refractivity (Wildman–Crippen MR) is 40.8 cm³/mol. The molecule has 0 saturated heterocycles. The molecule has 0 aromatic heterocycles. The summed E-state index contributed by atoms with van der Waals surface area (Å²) >= 11 is 0. The summed E-state index contributed by atoms with van der Waals surface area (Å²) in [5, 5.41) is 0. The van der Waals surface area contributed by atoms with Gasteiger partial charge in [-0.1, -0.05) is 6.92 Å². The third-order valence-corrected chi connectivity index (χ3v) is 0.402. The summed E-state index contributed by atoms with van der Waals surface area (Å²) in [7, 11) is 0. The summed E-state index contributed by atoms with van der Waals surface area (Å²) in [6.07, 6.45) is 4.92. The average Bonchev–Trinajstić information content (AvgIpc) is 1.66. The van der Waals surface area contributed by atoms with E-state index in [1.54, 1.807) is 6.08 Å². The van der Waals surface area contributed by atoms with Crippen molar-refractivity contribution in [3.8, 4) is 0 Å². The standard InChI is InChI=1S/C5H9.C3H5O.W/c1-3-5-4-2;1-3(2)4;/h3,5H,1,4H2,2H3;1H2,2H3;/q2*-1;+2. The van der Waals surface area contributed by atoms with Crippen molar-refractivity contribution >= 4 is 5.78 Å². The largest absolute Gasteiger partial charge is 2.00 e. The van der Waals surface area contributed by atoms with Crippen molar-refractivity contribution in [2.45, 2.75) is 20.3 Å². The van der Waals surface area contributed by atoms with Gasteiger partial charge in [-0.3, -0.25) is 0 Å². The monoisotopic (exact) mass is 310 g/mol. The molecule has 0 atom stereocenters. The zero-order chi connectivity index (χ0) is 7.70. The SMILES string of the molecule is [CH2-]C(C)=O.[CH2-]C=CCC.[W+2]. The molecule has 0 aromatic carbocycles. The van der Waals surface area contributed by atoms with Gasteiger partial charge in [0.05, 0.1) is 0 Å². The number of allylic oxidation sites excluding steroid dienone is 2. The van der Waals surface area contributed by atoms with E-state index in [1.807, 2.05) is 6.08 Å². The summed E-state index contributed by atoms with van der Waals surface area (Å²) in [5.41, 5.74) is 0. The number of carbonyl (C=O) groups excluding carboxylic acids is 1. The van der Waals surface area contributed by atoms with Crippen LogP contribution in [0.1, 0.15) is 20.3 Å². The van der Waals surface area contributed by atoms with Crippen LogP contribution >= 0.6 is 0 Å². The average molecular weight is 310 g/mol. The molecule has 1 nitrogen and oxygen atoms in total. The minimum Gasteiger partial charge on any atom is -0.340 e. The molecule has 0 aliphatic carbocycles. The number of hydrogen-bond acceptors (Lipinski definition) is 1. The molecule has 0 spiro atoms. The second-order valence-electron chi connectivity index (χ2n) is 1.58. The normalized spacial score (nSPS) is 7.40. The van der Waals surface area contributed by atoms with Crippen LogP contribution in [0.25, 0.3) is 0 Å². The molecule has 58 valence electrons. The first kappa shape index (κ1) is 16.4. The van der Waals surface area contributed by atoms with E-state index >= 15 is 0 Å². The fourth-order valence-electron chi connectivity index (χ4n) is 0.167. The third-order valence-electron chi connectivity index (χ3n) is 0.402. The Morgan fingerprint density at radius 2 is 1.90 bits per heavy atom. The van der Waals surface area contributed by atoms with E-state index in [-0.39, 0.29) is 26.8 Å². The van der Waals surface area contributed by atoms with Gasteiger partial charge >= 0.3 is 21.1 Å². The van der Waals surface area contributed by atoms with E-state index < -0.39 is 0 Å². The molecular formula is C8H14OW. The number of ketones is 1. The van der Waals surface area contributed by atoms with Crippen molar-refractivity contribution in [1.29, 1.82) is 0 Å². The van der Waals surface area contributed by atoms with Crippen LogP contribution in [0.2, 0.25) is 0 Å². The molecular weight excluding hydrogens is 296 g/mol. The molecule has 0 saturated carbocycles.